The second-order valence-electron chi connectivity index (χ2n) is 7.72. The number of nitrogens with one attached hydrogen (secondary N) is 1. The zero-order chi connectivity index (χ0) is 24.2. The van der Waals surface area contributed by atoms with E-state index in [4.69, 9.17) is 9.47 Å². The summed E-state index contributed by atoms with van der Waals surface area (Å²) in [5, 5.41) is 2.82. The summed E-state index contributed by atoms with van der Waals surface area (Å²) in [5.41, 5.74) is 5.05. The minimum Gasteiger partial charge on any atom is -0.492 e. The molecule has 1 aromatic carbocycles. The molecule has 172 valence electrons. The first-order chi connectivity index (χ1) is 16.4. The second kappa shape index (κ2) is 9.70. The van der Waals surface area contributed by atoms with Crippen LogP contribution < -0.4 is 5.32 Å². The van der Waals surface area contributed by atoms with Gasteiger partial charge in [0.1, 0.15) is 5.82 Å². The number of benzene rings is 1. The number of methoxy groups -OCH3 is 2. The van der Waals surface area contributed by atoms with Crippen LogP contribution in [0.4, 0.5) is 4.39 Å². The van der Waals surface area contributed by atoms with E-state index in [2.05, 4.69) is 10.3 Å². The first-order valence-corrected chi connectivity index (χ1v) is 10.6. The first-order valence-electron chi connectivity index (χ1n) is 10.6. The van der Waals surface area contributed by atoms with Crippen LogP contribution in [-0.4, -0.2) is 30.9 Å². The van der Waals surface area contributed by atoms with Crippen molar-refractivity contribution < 1.29 is 23.5 Å². The number of allylic oxidation sites excluding steroid dienone is 7. The summed E-state index contributed by atoms with van der Waals surface area (Å²) < 4.78 is 24.5. The van der Waals surface area contributed by atoms with Gasteiger partial charge in [0.2, 0.25) is 5.91 Å². The maximum Gasteiger partial charge on any atom is 0.261 e. The summed E-state index contributed by atoms with van der Waals surface area (Å²) in [6.45, 7) is 2.15. The molecule has 1 N–H and O–H groups in total. The number of ketones is 1. The molecule has 0 saturated heterocycles. The van der Waals surface area contributed by atoms with E-state index in [9.17, 15) is 14.0 Å². The van der Waals surface area contributed by atoms with Gasteiger partial charge in [-0.15, -0.1) is 0 Å². The average molecular weight is 458 g/mol. The Labute approximate surface area is 196 Å². The van der Waals surface area contributed by atoms with Crippen molar-refractivity contribution in [3.63, 3.8) is 0 Å². The number of amides is 1. The molecule has 6 nitrogen and oxygen atoms in total. The molecular weight excluding hydrogens is 435 g/mol. The maximum absolute atomic E-state index is 14.1. The fourth-order valence-corrected chi connectivity index (χ4v) is 3.91. The van der Waals surface area contributed by atoms with Gasteiger partial charge in [-0.1, -0.05) is 12.1 Å². The molecule has 34 heavy (non-hydrogen) atoms. The number of aromatic nitrogens is 1. The number of carbonyl (C=O) groups is 2. The smallest absolute Gasteiger partial charge is 0.261 e. The van der Waals surface area contributed by atoms with Crippen LogP contribution in [0.5, 0.6) is 0 Å². The molecule has 1 heterocycles. The molecule has 0 aliphatic heterocycles. The molecule has 2 aromatic rings. The van der Waals surface area contributed by atoms with Crippen molar-refractivity contribution >= 4 is 22.8 Å². The Morgan fingerprint density at radius 3 is 2.47 bits per heavy atom. The average Bonchev–Trinajstić information content (AvgIpc) is 3.09. The highest BCUT2D eigenvalue weighted by molar-refractivity contribution is 6.10. The molecule has 2 aliphatic rings. The summed E-state index contributed by atoms with van der Waals surface area (Å²) in [5.74, 6) is -0.731. The number of pyridine rings is 1. The number of halogens is 1. The van der Waals surface area contributed by atoms with Crippen molar-refractivity contribution in [1.82, 2.24) is 10.3 Å². The summed E-state index contributed by atoms with van der Waals surface area (Å²) in [6.07, 6.45) is 8.24. The molecule has 0 fully saturated rings. The van der Waals surface area contributed by atoms with E-state index in [1.807, 2.05) is 25.1 Å². The van der Waals surface area contributed by atoms with Gasteiger partial charge in [-0.2, -0.15) is 0 Å². The van der Waals surface area contributed by atoms with Crippen LogP contribution in [0.2, 0.25) is 0 Å². The molecule has 0 saturated carbocycles. The Morgan fingerprint density at radius 1 is 1.09 bits per heavy atom. The Balaban J connectivity index is 1.72. The number of fused-ring (bicyclic) bond motifs is 1. The fraction of sp³-hybridized carbons (Fsp3) is 0.148. The van der Waals surface area contributed by atoms with Crippen LogP contribution in [0.1, 0.15) is 23.7 Å². The van der Waals surface area contributed by atoms with Gasteiger partial charge in [-0.3, -0.25) is 14.6 Å². The Hall–Kier alpha value is -4.26. The van der Waals surface area contributed by atoms with Gasteiger partial charge < -0.3 is 14.8 Å². The van der Waals surface area contributed by atoms with Crippen molar-refractivity contribution in [1.29, 1.82) is 0 Å². The van der Waals surface area contributed by atoms with E-state index in [1.165, 1.54) is 32.4 Å². The molecule has 0 spiro atoms. The second-order valence-corrected chi connectivity index (χ2v) is 7.72. The zero-order valence-corrected chi connectivity index (χ0v) is 19.0. The molecule has 0 radical (unpaired) electrons. The van der Waals surface area contributed by atoms with E-state index >= 15 is 0 Å². The SMILES string of the molecule is COC1=CC(=CC2=C(C)/C(=C\C(=O)NCc3ccccn3)c3cc(F)ccc32)C=C(OC)C1=O. The molecule has 1 amide bonds. The van der Waals surface area contributed by atoms with Gasteiger partial charge in [-0.05, 0) is 82.8 Å². The topological polar surface area (TPSA) is 77.5 Å². The predicted molar refractivity (Wildman–Crippen MR) is 126 cm³/mol. The Kier molecular flexibility index (Phi) is 6.54. The maximum atomic E-state index is 14.1. The summed E-state index contributed by atoms with van der Waals surface area (Å²) in [6, 6.07) is 9.96. The first kappa shape index (κ1) is 22.9. The number of ether oxygens (including phenoxy) is 2. The van der Waals surface area contributed by atoms with Crippen LogP contribution in [-0.2, 0) is 25.6 Å². The monoisotopic (exact) mass is 458 g/mol. The Morgan fingerprint density at radius 2 is 1.82 bits per heavy atom. The highest BCUT2D eigenvalue weighted by Gasteiger charge is 2.26. The molecule has 0 atom stereocenters. The zero-order valence-electron chi connectivity index (χ0n) is 19.0. The highest BCUT2D eigenvalue weighted by Crippen LogP contribution is 2.43. The van der Waals surface area contributed by atoms with Crippen LogP contribution >= 0.6 is 0 Å². The lowest BCUT2D eigenvalue weighted by Gasteiger charge is -2.14. The van der Waals surface area contributed by atoms with Gasteiger partial charge in [0.15, 0.2) is 11.5 Å². The van der Waals surface area contributed by atoms with Gasteiger partial charge in [0.25, 0.3) is 5.78 Å². The van der Waals surface area contributed by atoms with Crippen molar-refractivity contribution in [3.05, 3.63) is 112 Å². The number of hydrogen-bond donors (Lipinski definition) is 1. The van der Waals surface area contributed by atoms with E-state index in [1.54, 1.807) is 30.5 Å². The fourth-order valence-electron chi connectivity index (χ4n) is 3.91. The standard InChI is InChI=1S/C27H23FN2O4/c1-16-21(10-17-11-24(33-2)27(32)25(12-17)34-3)20-8-7-18(28)13-23(20)22(16)14-26(31)30-15-19-6-4-5-9-29-19/h4-14H,15H2,1-3H3,(H,30,31)/b22-14+. The van der Waals surface area contributed by atoms with Crippen LogP contribution in [0, 0.1) is 5.82 Å². The molecule has 2 aliphatic carbocycles. The molecule has 4 rings (SSSR count). The minimum absolute atomic E-state index is 0.158. The van der Waals surface area contributed by atoms with Crippen molar-refractivity contribution in [2.24, 2.45) is 0 Å². The Bertz CT molecular complexity index is 1290. The summed E-state index contributed by atoms with van der Waals surface area (Å²) in [4.78, 5) is 29.2. The van der Waals surface area contributed by atoms with Gasteiger partial charge in [0.05, 0.1) is 26.5 Å². The van der Waals surface area contributed by atoms with Gasteiger partial charge in [-0.25, -0.2) is 4.39 Å². The predicted octanol–water partition coefficient (Wildman–Crippen LogP) is 4.28. The number of hydrogen-bond acceptors (Lipinski definition) is 5. The molecule has 0 unspecified atom stereocenters. The van der Waals surface area contributed by atoms with E-state index in [0.29, 0.717) is 16.7 Å². The molecule has 0 bridgehead atoms. The number of nitrogens with zero attached hydrogens (tertiary/aromatic N) is 1. The van der Waals surface area contributed by atoms with E-state index in [-0.39, 0.29) is 29.8 Å². The normalized spacial score (nSPS) is 16.2. The van der Waals surface area contributed by atoms with Crippen molar-refractivity contribution in [2.75, 3.05) is 14.2 Å². The van der Waals surface area contributed by atoms with Crippen molar-refractivity contribution in [3.8, 4) is 0 Å². The molecular formula is C27H23FN2O4. The van der Waals surface area contributed by atoms with Crippen LogP contribution in [0.25, 0.3) is 11.1 Å². The minimum atomic E-state index is -0.397. The summed E-state index contributed by atoms with van der Waals surface area (Å²) >= 11 is 0. The van der Waals surface area contributed by atoms with Crippen LogP contribution in [0.15, 0.2) is 89.6 Å². The third-order valence-corrected chi connectivity index (χ3v) is 5.61. The lowest BCUT2D eigenvalue weighted by atomic mass is 9.99. The highest BCUT2D eigenvalue weighted by atomic mass is 19.1. The lowest BCUT2D eigenvalue weighted by molar-refractivity contribution is -0.118. The molecule has 1 aromatic heterocycles. The summed E-state index contributed by atoms with van der Waals surface area (Å²) in [7, 11) is 2.84. The third kappa shape index (κ3) is 4.59. The van der Waals surface area contributed by atoms with Gasteiger partial charge in [0, 0.05) is 12.3 Å². The largest absolute Gasteiger partial charge is 0.492 e. The van der Waals surface area contributed by atoms with Crippen molar-refractivity contribution in [2.45, 2.75) is 13.5 Å². The number of Topliss-reactive ketones (excluding diaryl/α,β-unsaturated/α-hetero) is 1. The number of rotatable bonds is 6. The molecule has 7 heteroatoms. The number of carbonyl (C=O) groups excluding carboxylic acids is 2. The third-order valence-electron chi connectivity index (χ3n) is 5.61. The van der Waals surface area contributed by atoms with E-state index < -0.39 is 5.82 Å². The quantitative estimate of drug-likeness (QED) is 0.654. The van der Waals surface area contributed by atoms with Gasteiger partial charge >= 0.3 is 0 Å². The van der Waals surface area contributed by atoms with Crippen LogP contribution in [0.3, 0.4) is 0 Å². The van der Waals surface area contributed by atoms with E-state index in [0.717, 1.165) is 22.4 Å². The lowest BCUT2D eigenvalue weighted by Crippen LogP contribution is -2.21.